The van der Waals surface area contributed by atoms with Gasteiger partial charge in [0.05, 0.1) is 12.5 Å². The van der Waals surface area contributed by atoms with Gasteiger partial charge in [-0.3, -0.25) is 14.4 Å². The molecule has 0 aromatic heterocycles. The lowest BCUT2D eigenvalue weighted by Gasteiger charge is -2.60. The van der Waals surface area contributed by atoms with Crippen molar-refractivity contribution in [2.24, 2.45) is 22.2 Å². The van der Waals surface area contributed by atoms with Crippen molar-refractivity contribution in [3.05, 3.63) is 70.5 Å². The molecule has 3 rings (SSSR count). The number of alkyl halides is 3. The van der Waals surface area contributed by atoms with Crippen molar-refractivity contribution in [3.63, 3.8) is 0 Å². The molecule has 2 bridgehead atoms. The van der Waals surface area contributed by atoms with Crippen LogP contribution in [0.4, 0.5) is 13.2 Å². The molecule has 0 amide bonds. The largest absolute Gasteiger partial charge is 0.499 e. The summed E-state index contributed by atoms with van der Waals surface area (Å²) in [5.74, 6) is -1.77. The quantitative estimate of drug-likeness (QED) is 0.125. The first kappa shape index (κ1) is 31.6. The van der Waals surface area contributed by atoms with Gasteiger partial charge in [-0.05, 0) is 71.1 Å². The number of halogens is 3. The third-order valence-corrected chi connectivity index (χ3v) is 8.97. The van der Waals surface area contributed by atoms with E-state index in [9.17, 15) is 27.6 Å². The molecule has 1 saturated carbocycles. The van der Waals surface area contributed by atoms with Crippen molar-refractivity contribution in [2.45, 2.75) is 86.2 Å². The van der Waals surface area contributed by atoms with Crippen LogP contribution >= 0.6 is 0 Å². The lowest BCUT2D eigenvalue weighted by molar-refractivity contribution is -0.173. The second-order valence-electron chi connectivity index (χ2n) is 12.4. The smallest absolute Gasteiger partial charge is 0.389 e. The first-order valence-electron chi connectivity index (χ1n) is 13.9. The summed E-state index contributed by atoms with van der Waals surface area (Å²) >= 11 is 0. The van der Waals surface area contributed by atoms with Crippen molar-refractivity contribution in [1.29, 1.82) is 0 Å². The van der Waals surface area contributed by atoms with Gasteiger partial charge >= 0.3 is 6.18 Å². The van der Waals surface area contributed by atoms with E-state index < -0.39 is 46.3 Å². The zero-order valence-electron chi connectivity index (χ0n) is 24.6. The summed E-state index contributed by atoms with van der Waals surface area (Å²) in [4.78, 5) is 43.6. The van der Waals surface area contributed by atoms with Gasteiger partial charge in [0.1, 0.15) is 16.7 Å². The number of benzene rings is 1. The predicted molar refractivity (Wildman–Crippen MR) is 150 cm³/mol. The highest BCUT2D eigenvalue weighted by atomic mass is 19.4. The third kappa shape index (κ3) is 5.48. The molecule has 40 heavy (non-hydrogen) atoms. The van der Waals surface area contributed by atoms with Crippen molar-refractivity contribution in [2.75, 3.05) is 7.11 Å². The maximum atomic E-state index is 14.9. The van der Waals surface area contributed by atoms with E-state index in [1.54, 1.807) is 30.3 Å². The average Bonchev–Trinajstić information content (AvgIpc) is 2.87. The molecule has 0 radical (unpaired) electrons. The van der Waals surface area contributed by atoms with Crippen molar-refractivity contribution in [1.82, 2.24) is 0 Å². The number of ketones is 3. The minimum absolute atomic E-state index is 0.0398. The Hall–Kier alpha value is -2.96. The molecular formula is C33H41F3O4. The van der Waals surface area contributed by atoms with Gasteiger partial charge in [0.2, 0.25) is 0 Å². The SMILES string of the molecule is COC1=C(C(=O)c2ccccc2)C(=O)[C@]2(CC=C(C)C)C(=O)C1(CC=C(C)C)C[C@H](CCCC(F)(F)F)C2(C)C. The molecule has 0 N–H and O–H groups in total. The summed E-state index contributed by atoms with van der Waals surface area (Å²) in [6, 6.07) is 8.43. The molecule has 0 aliphatic heterocycles. The fourth-order valence-corrected chi connectivity index (χ4v) is 6.67. The molecule has 1 fully saturated rings. The van der Waals surface area contributed by atoms with Gasteiger partial charge in [0.15, 0.2) is 17.3 Å². The van der Waals surface area contributed by atoms with Crippen molar-refractivity contribution >= 4 is 17.3 Å². The first-order valence-corrected chi connectivity index (χ1v) is 13.9. The standard InChI is InChI=1S/C33H41F3O4/c1-21(2)15-18-31-20-24(14-11-17-33(34,35)36)30(5,6)32(29(31)39,19-16-22(3)4)27(38)25(28(31)40-7)26(37)23-12-9-8-10-13-23/h8-10,12-13,15-16,24H,11,14,17-20H2,1-7H3/t24-,31?,32+/m0/s1. The maximum Gasteiger partial charge on any atom is 0.389 e. The Morgan fingerprint density at radius 2 is 1.57 bits per heavy atom. The molecule has 1 aromatic rings. The summed E-state index contributed by atoms with van der Waals surface area (Å²) in [7, 11) is 1.36. The minimum atomic E-state index is -4.30. The van der Waals surface area contributed by atoms with Crippen LogP contribution in [-0.4, -0.2) is 30.6 Å². The summed E-state index contributed by atoms with van der Waals surface area (Å²) in [5.41, 5.74) is -1.98. The summed E-state index contributed by atoms with van der Waals surface area (Å²) < 4.78 is 45.3. The molecule has 0 spiro atoms. The Morgan fingerprint density at radius 1 is 1.00 bits per heavy atom. The number of hydrogen-bond acceptors (Lipinski definition) is 4. The van der Waals surface area contributed by atoms with Gasteiger partial charge < -0.3 is 4.74 Å². The second-order valence-corrected chi connectivity index (χ2v) is 12.4. The summed E-state index contributed by atoms with van der Waals surface area (Å²) in [5, 5.41) is 0. The van der Waals surface area contributed by atoms with Crippen LogP contribution in [0.25, 0.3) is 0 Å². The third-order valence-electron chi connectivity index (χ3n) is 8.97. The molecule has 0 heterocycles. The molecule has 2 aliphatic rings. The monoisotopic (exact) mass is 558 g/mol. The van der Waals surface area contributed by atoms with Crippen LogP contribution in [0.15, 0.2) is 65.0 Å². The molecule has 0 saturated heterocycles. The van der Waals surface area contributed by atoms with Crippen LogP contribution in [-0.2, 0) is 14.3 Å². The van der Waals surface area contributed by atoms with E-state index in [0.29, 0.717) is 5.56 Å². The number of ether oxygens (including phenoxy) is 1. The lowest BCUT2D eigenvalue weighted by atomic mass is 9.39. The highest BCUT2D eigenvalue weighted by Crippen LogP contribution is 2.67. The molecule has 218 valence electrons. The van der Waals surface area contributed by atoms with Gasteiger partial charge in [0.25, 0.3) is 0 Å². The van der Waals surface area contributed by atoms with Gasteiger partial charge in [-0.15, -0.1) is 0 Å². The molecule has 2 aliphatic carbocycles. The normalized spacial score (nSPS) is 25.9. The Kier molecular flexibility index (Phi) is 9.07. The van der Waals surface area contributed by atoms with Gasteiger partial charge in [0, 0.05) is 12.0 Å². The Morgan fingerprint density at radius 3 is 2.10 bits per heavy atom. The molecule has 3 atom stereocenters. The maximum absolute atomic E-state index is 14.9. The van der Waals surface area contributed by atoms with Crippen LogP contribution in [0.2, 0.25) is 0 Å². The van der Waals surface area contributed by atoms with Crippen LogP contribution in [0, 0.1) is 22.2 Å². The zero-order chi connectivity index (χ0) is 30.1. The van der Waals surface area contributed by atoms with E-state index in [4.69, 9.17) is 4.74 Å². The highest BCUT2D eigenvalue weighted by Gasteiger charge is 2.72. The lowest BCUT2D eigenvalue weighted by Crippen LogP contribution is -2.67. The summed E-state index contributed by atoms with van der Waals surface area (Å²) in [6.07, 6.45) is -0.969. The highest BCUT2D eigenvalue weighted by molar-refractivity contribution is 6.35. The van der Waals surface area contributed by atoms with E-state index in [1.807, 2.05) is 53.7 Å². The first-order chi connectivity index (χ1) is 18.5. The number of allylic oxidation sites excluding steroid dienone is 6. The van der Waals surface area contributed by atoms with E-state index in [0.717, 1.165) is 11.1 Å². The fourth-order valence-electron chi connectivity index (χ4n) is 6.67. The number of hydrogen-bond donors (Lipinski definition) is 0. The van der Waals surface area contributed by atoms with E-state index in [1.165, 1.54) is 7.11 Å². The topological polar surface area (TPSA) is 60.4 Å². The number of carbonyl (C=O) groups excluding carboxylic acids is 3. The van der Waals surface area contributed by atoms with E-state index >= 15 is 0 Å². The molecule has 1 aromatic carbocycles. The van der Waals surface area contributed by atoms with E-state index in [2.05, 4.69) is 0 Å². The minimum Gasteiger partial charge on any atom is -0.499 e. The van der Waals surface area contributed by atoms with Gasteiger partial charge in [-0.25, -0.2) is 0 Å². The number of fused-ring (bicyclic) bond motifs is 2. The number of Topliss-reactive ketones (excluding diaryl/α,β-unsaturated/α-hetero) is 3. The molecule has 7 heteroatoms. The number of rotatable bonds is 10. The fraction of sp³-hybridized carbons (Fsp3) is 0.545. The average molecular weight is 559 g/mol. The van der Waals surface area contributed by atoms with Crippen molar-refractivity contribution < 1.29 is 32.3 Å². The number of carbonyl (C=O) groups is 3. The van der Waals surface area contributed by atoms with Crippen LogP contribution in [0.5, 0.6) is 0 Å². The zero-order valence-corrected chi connectivity index (χ0v) is 24.6. The van der Waals surface area contributed by atoms with Crippen molar-refractivity contribution in [3.8, 4) is 0 Å². The van der Waals surface area contributed by atoms with Crippen LogP contribution in [0.3, 0.4) is 0 Å². The van der Waals surface area contributed by atoms with Gasteiger partial charge in [-0.2, -0.15) is 13.2 Å². The Bertz CT molecular complexity index is 1240. The molecule has 4 nitrogen and oxygen atoms in total. The predicted octanol–water partition coefficient (Wildman–Crippen LogP) is 8.39. The Balaban J connectivity index is 2.38. The van der Waals surface area contributed by atoms with E-state index in [-0.39, 0.29) is 49.2 Å². The van der Waals surface area contributed by atoms with Gasteiger partial charge in [-0.1, -0.05) is 67.5 Å². The molecular weight excluding hydrogens is 517 g/mol. The number of methoxy groups -OCH3 is 1. The van der Waals surface area contributed by atoms with Crippen LogP contribution in [0.1, 0.15) is 90.4 Å². The van der Waals surface area contributed by atoms with Crippen LogP contribution < -0.4 is 0 Å². The molecule has 1 unspecified atom stereocenters. The summed E-state index contributed by atoms with van der Waals surface area (Å²) in [6.45, 7) is 11.2. The Labute approximate surface area is 235 Å². The second kappa shape index (κ2) is 11.5.